The third-order valence-corrected chi connectivity index (χ3v) is 1.23. The maximum Gasteiger partial charge on any atom is 0.333 e. The standard InChI is InChI=1S/C10H18O2/c1-6-7-8(2)9(11)12-10(3,4)5/h7H,6H2,1-5H3/b8-7-. The molecular formula is C10H18O2. The first kappa shape index (κ1) is 11.2. The normalized spacial score (nSPS) is 12.9. The van der Waals surface area contributed by atoms with Crippen LogP contribution in [0.5, 0.6) is 0 Å². The van der Waals surface area contributed by atoms with E-state index in [-0.39, 0.29) is 11.6 Å². The Bertz CT molecular complexity index is 185. The van der Waals surface area contributed by atoms with Gasteiger partial charge in [0.2, 0.25) is 0 Å². The summed E-state index contributed by atoms with van der Waals surface area (Å²) in [6, 6.07) is 0. The Balaban J connectivity index is 4.15. The van der Waals surface area contributed by atoms with Gasteiger partial charge in [-0.1, -0.05) is 13.0 Å². The van der Waals surface area contributed by atoms with Crippen LogP contribution in [-0.4, -0.2) is 11.6 Å². The highest BCUT2D eigenvalue weighted by Crippen LogP contribution is 2.10. The lowest BCUT2D eigenvalue weighted by molar-refractivity contribution is -0.149. The van der Waals surface area contributed by atoms with E-state index in [2.05, 4.69) is 0 Å². The number of esters is 1. The summed E-state index contributed by atoms with van der Waals surface area (Å²) in [7, 11) is 0. The quantitative estimate of drug-likeness (QED) is 0.470. The van der Waals surface area contributed by atoms with Crippen molar-refractivity contribution in [1.29, 1.82) is 0 Å². The molecule has 0 spiro atoms. The predicted octanol–water partition coefficient (Wildman–Crippen LogP) is 2.68. The van der Waals surface area contributed by atoms with Crippen LogP contribution in [-0.2, 0) is 9.53 Å². The summed E-state index contributed by atoms with van der Waals surface area (Å²) >= 11 is 0. The molecule has 0 atom stereocenters. The molecule has 0 bridgehead atoms. The number of carbonyl (C=O) groups excluding carboxylic acids is 1. The second-order valence-electron chi connectivity index (χ2n) is 3.80. The zero-order chi connectivity index (χ0) is 9.78. The zero-order valence-electron chi connectivity index (χ0n) is 8.60. The van der Waals surface area contributed by atoms with E-state index in [0.29, 0.717) is 5.57 Å². The van der Waals surface area contributed by atoms with E-state index in [1.54, 1.807) is 6.92 Å². The van der Waals surface area contributed by atoms with E-state index in [4.69, 9.17) is 4.74 Å². The van der Waals surface area contributed by atoms with Crippen LogP contribution in [0.4, 0.5) is 0 Å². The lowest BCUT2D eigenvalue weighted by Crippen LogP contribution is -2.24. The SMILES string of the molecule is CC/C=C(/C)C(=O)OC(C)(C)C. The highest BCUT2D eigenvalue weighted by atomic mass is 16.6. The van der Waals surface area contributed by atoms with Crippen molar-refractivity contribution in [2.45, 2.75) is 46.6 Å². The predicted molar refractivity (Wildman–Crippen MR) is 49.9 cm³/mol. The van der Waals surface area contributed by atoms with Crippen LogP contribution in [0.3, 0.4) is 0 Å². The summed E-state index contributed by atoms with van der Waals surface area (Å²) in [6.07, 6.45) is 2.74. The first-order valence-corrected chi connectivity index (χ1v) is 4.27. The lowest BCUT2D eigenvalue weighted by Gasteiger charge is -2.19. The van der Waals surface area contributed by atoms with Crippen LogP contribution in [0, 0.1) is 0 Å². The largest absolute Gasteiger partial charge is 0.457 e. The number of carbonyl (C=O) groups is 1. The maximum atomic E-state index is 11.3. The molecule has 0 saturated carbocycles. The number of hydrogen-bond acceptors (Lipinski definition) is 2. The Morgan fingerprint density at radius 2 is 1.92 bits per heavy atom. The molecule has 0 radical (unpaired) electrons. The van der Waals surface area contributed by atoms with Crippen molar-refractivity contribution in [1.82, 2.24) is 0 Å². The molecule has 0 aliphatic heterocycles. The molecule has 0 saturated heterocycles. The van der Waals surface area contributed by atoms with Crippen molar-refractivity contribution >= 4 is 5.97 Å². The van der Waals surface area contributed by atoms with Gasteiger partial charge < -0.3 is 4.74 Å². The van der Waals surface area contributed by atoms with Crippen LogP contribution in [0.25, 0.3) is 0 Å². The topological polar surface area (TPSA) is 26.3 Å². The Kier molecular flexibility index (Phi) is 4.01. The van der Waals surface area contributed by atoms with Gasteiger partial charge in [-0.25, -0.2) is 4.79 Å². The van der Waals surface area contributed by atoms with Gasteiger partial charge in [-0.15, -0.1) is 0 Å². The van der Waals surface area contributed by atoms with Crippen LogP contribution < -0.4 is 0 Å². The molecule has 12 heavy (non-hydrogen) atoms. The summed E-state index contributed by atoms with van der Waals surface area (Å²) in [5.74, 6) is -0.218. The minimum absolute atomic E-state index is 0.218. The van der Waals surface area contributed by atoms with Crippen molar-refractivity contribution in [3.8, 4) is 0 Å². The van der Waals surface area contributed by atoms with Gasteiger partial charge in [0.05, 0.1) is 0 Å². The third kappa shape index (κ3) is 4.94. The van der Waals surface area contributed by atoms with Crippen molar-refractivity contribution < 1.29 is 9.53 Å². The fourth-order valence-corrected chi connectivity index (χ4v) is 0.748. The minimum Gasteiger partial charge on any atom is -0.457 e. The molecule has 0 unspecified atom stereocenters. The Hall–Kier alpha value is -0.790. The molecule has 0 amide bonds. The molecule has 0 rings (SSSR count). The van der Waals surface area contributed by atoms with Crippen molar-refractivity contribution in [2.75, 3.05) is 0 Å². The summed E-state index contributed by atoms with van der Waals surface area (Å²) in [4.78, 5) is 11.3. The number of allylic oxidation sites excluding steroid dienone is 1. The van der Waals surface area contributed by atoms with Gasteiger partial charge in [0.25, 0.3) is 0 Å². The zero-order valence-corrected chi connectivity index (χ0v) is 8.60. The number of ether oxygens (including phenoxy) is 1. The van der Waals surface area contributed by atoms with Crippen LogP contribution in [0.15, 0.2) is 11.6 Å². The molecule has 0 fully saturated rings. The van der Waals surface area contributed by atoms with Gasteiger partial charge in [-0.3, -0.25) is 0 Å². The second kappa shape index (κ2) is 4.29. The van der Waals surface area contributed by atoms with E-state index >= 15 is 0 Å². The Morgan fingerprint density at radius 3 is 2.25 bits per heavy atom. The van der Waals surface area contributed by atoms with Gasteiger partial charge in [0.1, 0.15) is 5.60 Å². The lowest BCUT2D eigenvalue weighted by atomic mass is 10.2. The molecule has 0 N–H and O–H groups in total. The maximum absolute atomic E-state index is 11.3. The van der Waals surface area contributed by atoms with Crippen LogP contribution in [0.2, 0.25) is 0 Å². The summed E-state index contributed by atoms with van der Waals surface area (Å²) < 4.78 is 5.14. The molecule has 2 nitrogen and oxygen atoms in total. The van der Waals surface area contributed by atoms with E-state index in [9.17, 15) is 4.79 Å². The van der Waals surface area contributed by atoms with Gasteiger partial charge in [0.15, 0.2) is 0 Å². The fourth-order valence-electron chi connectivity index (χ4n) is 0.748. The van der Waals surface area contributed by atoms with E-state index in [1.165, 1.54) is 0 Å². The summed E-state index contributed by atoms with van der Waals surface area (Å²) in [5, 5.41) is 0. The summed E-state index contributed by atoms with van der Waals surface area (Å²) in [5.41, 5.74) is 0.298. The van der Waals surface area contributed by atoms with E-state index in [0.717, 1.165) is 6.42 Å². The van der Waals surface area contributed by atoms with Gasteiger partial charge in [-0.2, -0.15) is 0 Å². The molecule has 0 aliphatic rings. The van der Waals surface area contributed by atoms with Crippen LogP contribution in [0.1, 0.15) is 41.0 Å². The molecule has 0 heterocycles. The third-order valence-electron chi connectivity index (χ3n) is 1.23. The highest BCUT2D eigenvalue weighted by Gasteiger charge is 2.16. The van der Waals surface area contributed by atoms with Gasteiger partial charge in [0, 0.05) is 5.57 Å². The number of rotatable bonds is 2. The first-order chi connectivity index (χ1) is 5.37. The molecular weight excluding hydrogens is 152 g/mol. The van der Waals surface area contributed by atoms with Gasteiger partial charge in [-0.05, 0) is 34.1 Å². The average molecular weight is 170 g/mol. The highest BCUT2D eigenvalue weighted by molar-refractivity contribution is 5.87. The van der Waals surface area contributed by atoms with Crippen LogP contribution >= 0.6 is 0 Å². The summed E-state index contributed by atoms with van der Waals surface area (Å²) in [6.45, 7) is 9.36. The van der Waals surface area contributed by atoms with E-state index < -0.39 is 0 Å². The Morgan fingerprint density at radius 1 is 1.42 bits per heavy atom. The molecule has 70 valence electrons. The molecule has 0 aromatic carbocycles. The molecule has 2 heteroatoms. The first-order valence-electron chi connectivity index (χ1n) is 4.27. The van der Waals surface area contributed by atoms with Crippen molar-refractivity contribution in [3.05, 3.63) is 11.6 Å². The Labute approximate surface area is 74.6 Å². The fraction of sp³-hybridized carbons (Fsp3) is 0.700. The molecule has 0 aromatic heterocycles. The molecule has 0 aliphatic carbocycles. The van der Waals surface area contributed by atoms with E-state index in [1.807, 2.05) is 33.8 Å². The minimum atomic E-state index is -0.389. The monoisotopic (exact) mass is 170 g/mol. The molecule has 0 aromatic rings. The smallest absolute Gasteiger partial charge is 0.333 e. The van der Waals surface area contributed by atoms with Gasteiger partial charge >= 0.3 is 5.97 Å². The van der Waals surface area contributed by atoms with Crippen molar-refractivity contribution in [3.63, 3.8) is 0 Å². The average Bonchev–Trinajstić information content (AvgIpc) is 1.84. The second-order valence-corrected chi connectivity index (χ2v) is 3.80. The number of hydrogen-bond donors (Lipinski definition) is 0. The van der Waals surface area contributed by atoms with Crippen molar-refractivity contribution in [2.24, 2.45) is 0 Å².